The molecule has 27 heavy (non-hydrogen) atoms. The minimum absolute atomic E-state index is 0.0150. The number of nitrogens with zero attached hydrogens (tertiary/aromatic N) is 3. The maximum Gasteiger partial charge on any atom is 0.290 e. The number of ketones is 1. The van der Waals surface area contributed by atoms with E-state index >= 15 is 0 Å². The Morgan fingerprint density at radius 2 is 2.00 bits per heavy atom. The average molecular weight is 383 g/mol. The molecule has 2 aliphatic rings. The van der Waals surface area contributed by atoms with Crippen LogP contribution >= 0.6 is 11.3 Å². The summed E-state index contributed by atoms with van der Waals surface area (Å²) in [5, 5.41) is 11.5. The summed E-state index contributed by atoms with van der Waals surface area (Å²) in [6.45, 7) is 3.61. The maximum absolute atomic E-state index is 13.3. The van der Waals surface area contributed by atoms with Crippen molar-refractivity contribution in [1.29, 1.82) is 0 Å². The van der Waals surface area contributed by atoms with Crippen LogP contribution in [0.4, 0.5) is 0 Å². The maximum atomic E-state index is 13.3. The Morgan fingerprint density at radius 3 is 2.59 bits per heavy atom. The van der Waals surface area contributed by atoms with Gasteiger partial charge in [0.15, 0.2) is 5.76 Å². The van der Waals surface area contributed by atoms with Crippen molar-refractivity contribution in [2.24, 2.45) is 0 Å². The van der Waals surface area contributed by atoms with E-state index in [0.717, 1.165) is 30.7 Å². The molecular formula is C20H21N3O3S. The molecule has 0 bridgehead atoms. The van der Waals surface area contributed by atoms with Crippen LogP contribution < -0.4 is 0 Å². The molecule has 1 N–H and O–H groups in total. The molecule has 2 aromatic rings. The number of amides is 1. The zero-order valence-electron chi connectivity index (χ0n) is 15.3. The Labute approximate surface area is 161 Å². The lowest BCUT2D eigenvalue weighted by molar-refractivity contribution is -0.131. The molecule has 4 rings (SSSR count). The van der Waals surface area contributed by atoms with Crippen LogP contribution in [0.2, 0.25) is 0 Å². The van der Waals surface area contributed by atoms with Crippen LogP contribution in [0, 0.1) is 13.8 Å². The lowest BCUT2D eigenvalue weighted by Gasteiger charge is -2.31. The predicted molar refractivity (Wildman–Crippen MR) is 102 cm³/mol. The third-order valence-electron chi connectivity index (χ3n) is 5.28. The minimum atomic E-state index is -0.656. The summed E-state index contributed by atoms with van der Waals surface area (Å²) in [7, 11) is 0. The quantitative estimate of drug-likeness (QED) is 0.815. The van der Waals surface area contributed by atoms with Crippen LogP contribution in [0.3, 0.4) is 0 Å². The zero-order valence-corrected chi connectivity index (χ0v) is 16.1. The molecule has 1 unspecified atom stereocenters. The molecule has 3 heterocycles. The fourth-order valence-electron chi connectivity index (χ4n) is 4.11. The molecule has 0 aromatic carbocycles. The highest BCUT2D eigenvalue weighted by molar-refractivity contribution is 7.14. The molecule has 1 amide bonds. The van der Waals surface area contributed by atoms with E-state index in [2.05, 4.69) is 9.97 Å². The highest BCUT2D eigenvalue weighted by Gasteiger charge is 2.48. The number of pyridine rings is 1. The van der Waals surface area contributed by atoms with Crippen LogP contribution in [0.1, 0.15) is 57.8 Å². The third kappa shape index (κ3) is 2.96. The van der Waals surface area contributed by atoms with Gasteiger partial charge in [-0.2, -0.15) is 0 Å². The van der Waals surface area contributed by atoms with Crippen molar-refractivity contribution in [3.05, 3.63) is 57.0 Å². The molecular weight excluding hydrogens is 362 g/mol. The second-order valence-corrected chi connectivity index (χ2v) is 8.25. The lowest BCUT2D eigenvalue weighted by Crippen LogP contribution is -2.39. The first kappa shape index (κ1) is 17.9. The van der Waals surface area contributed by atoms with Crippen LogP contribution in [-0.4, -0.2) is 37.7 Å². The Morgan fingerprint density at radius 1 is 1.26 bits per heavy atom. The van der Waals surface area contributed by atoms with Gasteiger partial charge in [-0.05, 0) is 38.8 Å². The van der Waals surface area contributed by atoms with Gasteiger partial charge in [0.05, 0.1) is 26.8 Å². The normalized spacial score (nSPS) is 20.7. The summed E-state index contributed by atoms with van der Waals surface area (Å²) in [6, 6.07) is 4.79. The van der Waals surface area contributed by atoms with Gasteiger partial charge in [0.2, 0.25) is 5.78 Å². The van der Waals surface area contributed by atoms with Gasteiger partial charge in [0, 0.05) is 12.2 Å². The zero-order chi connectivity index (χ0) is 19.1. The molecule has 7 heteroatoms. The van der Waals surface area contributed by atoms with Crippen molar-refractivity contribution >= 4 is 23.0 Å². The molecule has 6 nitrogen and oxygen atoms in total. The second-order valence-electron chi connectivity index (χ2n) is 7.05. The van der Waals surface area contributed by atoms with Gasteiger partial charge in [-0.25, -0.2) is 4.98 Å². The second kappa shape index (κ2) is 6.88. The minimum Gasteiger partial charge on any atom is -0.503 e. The molecule has 0 radical (unpaired) electrons. The smallest absolute Gasteiger partial charge is 0.290 e. The number of aryl methyl sites for hydroxylation is 2. The highest BCUT2D eigenvalue weighted by Crippen LogP contribution is 2.43. The summed E-state index contributed by atoms with van der Waals surface area (Å²) in [5.74, 6) is -1.26. The number of rotatable bonds is 4. The largest absolute Gasteiger partial charge is 0.503 e. The summed E-state index contributed by atoms with van der Waals surface area (Å²) >= 11 is 1.29. The number of aromatic nitrogens is 2. The molecule has 1 saturated carbocycles. The molecule has 1 atom stereocenters. The number of aliphatic hydroxyl groups is 1. The highest BCUT2D eigenvalue weighted by atomic mass is 32.1. The van der Waals surface area contributed by atoms with E-state index in [0.29, 0.717) is 16.3 Å². The van der Waals surface area contributed by atoms with Gasteiger partial charge < -0.3 is 10.0 Å². The van der Waals surface area contributed by atoms with Gasteiger partial charge in [0.1, 0.15) is 6.04 Å². The van der Waals surface area contributed by atoms with E-state index in [1.54, 1.807) is 30.2 Å². The van der Waals surface area contributed by atoms with Crippen LogP contribution in [-0.2, 0) is 4.79 Å². The standard InChI is InChI=1S/C20H21N3O3S/c1-11-19(27-12(2)22-11)17(24)15-16(14-9-5-6-10-21-14)23(20(26)18(15)25)13-7-3-4-8-13/h5-6,9-10,13,16,25H,3-4,7-8H2,1-2H3. The van der Waals surface area contributed by atoms with Gasteiger partial charge in [-0.15, -0.1) is 11.3 Å². The predicted octanol–water partition coefficient (Wildman–Crippen LogP) is 3.68. The van der Waals surface area contributed by atoms with Crippen molar-refractivity contribution < 1.29 is 14.7 Å². The molecule has 0 saturated heterocycles. The number of aliphatic hydroxyl groups excluding tert-OH is 1. The van der Waals surface area contributed by atoms with Crippen LogP contribution in [0.15, 0.2) is 35.7 Å². The summed E-state index contributed by atoms with van der Waals surface area (Å²) in [4.78, 5) is 37.1. The van der Waals surface area contributed by atoms with Crippen molar-refractivity contribution in [3.8, 4) is 0 Å². The molecule has 1 aliphatic heterocycles. The van der Waals surface area contributed by atoms with E-state index < -0.39 is 17.7 Å². The van der Waals surface area contributed by atoms with Crippen molar-refractivity contribution in [3.63, 3.8) is 0 Å². The van der Waals surface area contributed by atoms with Crippen molar-refractivity contribution in [2.45, 2.75) is 51.6 Å². The van der Waals surface area contributed by atoms with Gasteiger partial charge in [-0.3, -0.25) is 14.6 Å². The van der Waals surface area contributed by atoms with Crippen molar-refractivity contribution in [2.75, 3.05) is 0 Å². The van der Waals surface area contributed by atoms with Gasteiger partial charge in [0.25, 0.3) is 5.91 Å². The fraction of sp³-hybridized carbons (Fsp3) is 0.400. The number of carbonyl (C=O) groups excluding carboxylic acids is 2. The number of Topliss-reactive ketones (excluding diaryl/α,β-unsaturated/α-hetero) is 1. The number of hydrogen-bond donors (Lipinski definition) is 1. The van der Waals surface area contributed by atoms with E-state index in [1.165, 1.54) is 11.3 Å². The first-order valence-corrected chi connectivity index (χ1v) is 9.96. The number of thiazole rings is 1. The Hall–Kier alpha value is -2.54. The van der Waals surface area contributed by atoms with E-state index in [1.807, 2.05) is 13.0 Å². The molecule has 1 fully saturated rings. The molecule has 1 aliphatic carbocycles. The van der Waals surface area contributed by atoms with E-state index in [-0.39, 0.29) is 17.4 Å². The fourth-order valence-corrected chi connectivity index (χ4v) is 4.98. The van der Waals surface area contributed by atoms with Crippen LogP contribution in [0.5, 0.6) is 0 Å². The van der Waals surface area contributed by atoms with E-state index in [4.69, 9.17) is 0 Å². The number of hydrogen-bond acceptors (Lipinski definition) is 6. The summed E-state index contributed by atoms with van der Waals surface area (Å²) in [5.41, 5.74) is 1.34. The Bertz CT molecular complexity index is 929. The lowest BCUT2D eigenvalue weighted by atomic mass is 9.97. The third-order valence-corrected chi connectivity index (χ3v) is 6.36. The van der Waals surface area contributed by atoms with Gasteiger partial charge >= 0.3 is 0 Å². The summed E-state index contributed by atoms with van der Waals surface area (Å²) in [6.07, 6.45) is 5.48. The molecule has 140 valence electrons. The van der Waals surface area contributed by atoms with Gasteiger partial charge in [-0.1, -0.05) is 18.9 Å². The monoisotopic (exact) mass is 383 g/mol. The average Bonchev–Trinajstić information content (AvgIpc) is 3.35. The van der Waals surface area contributed by atoms with Crippen LogP contribution in [0.25, 0.3) is 0 Å². The Balaban J connectivity index is 1.83. The summed E-state index contributed by atoms with van der Waals surface area (Å²) < 4.78 is 0. The topological polar surface area (TPSA) is 83.4 Å². The molecule has 0 spiro atoms. The first-order valence-electron chi connectivity index (χ1n) is 9.14. The van der Waals surface area contributed by atoms with Crippen molar-refractivity contribution in [1.82, 2.24) is 14.9 Å². The number of carbonyl (C=O) groups is 2. The van der Waals surface area contributed by atoms with E-state index in [9.17, 15) is 14.7 Å². The first-order chi connectivity index (χ1) is 13.0. The Kier molecular flexibility index (Phi) is 4.55. The molecule has 2 aromatic heterocycles. The SMILES string of the molecule is Cc1nc(C)c(C(=O)C2=C(O)C(=O)N(C3CCCC3)C2c2ccccn2)s1.